The quantitative estimate of drug-likeness (QED) is 0.695. The molecule has 2 heterocycles. The molecule has 1 aliphatic rings. The van der Waals surface area contributed by atoms with Crippen LogP contribution in [0.2, 0.25) is 0 Å². The third-order valence-electron chi connectivity index (χ3n) is 2.52. The van der Waals surface area contributed by atoms with Crippen molar-refractivity contribution in [1.29, 1.82) is 0 Å². The van der Waals surface area contributed by atoms with Crippen LogP contribution in [0.5, 0.6) is 0 Å². The van der Waals surface area contributed by atoms with Crippen LogP contribution in [-0.4, -0.2) is 9.97 Å². The predicted molar refractivity (Wildman–Crippen MR) is 49.2 cm³/mol. The second-order valence-electron chi connectivity index (χ2n) is 3.50. The number of fused-ring (bicyclic) bond motifs is 1. The van der Waals surface area contributed by atoms with E-state index in [0.717, 1.165) is 23.5 Å². The molecule has 3 heteroatoms. The summed E-state index contributed by atoms with van der Waals surface area (Å²) in [5, 5.41) is 0. The Hall–Kier alpha value is -0.960. The molecule has 70 valence electrons. The fourth-order valence-electron chi connectivity index (χ4n) is 1.38. The normalized spacial score (nSPS) is 17.1. The molecule has 1 aromatic rings. The van der Waals surface area contributed by atoms with Gasteiger partial charge in [-0.05, 0) is 6.42 Å². The largest absolute Gasteiger partial charge is 0.370 e. The van der Waals surface area contributed by atoms with Crippen molar-refractivity contribution >= 4 is 0 Å². The number of hydrogen-bond acceptors (Lipinski definition) is 3. The van der Waals surface area contributed by atoms with E-state index in [1.807, 2.05) is 6.20 Å². The lowest BCUT2D eigenvalue weighted by Gasteiger charge is -2.07. The fourth-order valence-corrected chi connectivity index (χ4v) is 1.38. The maximum Gasteiger partial charge on any atom is 0.131 e. The first-order valence-corrected chi connectivity index (χ1v) is 4.73. The highest BCUT2D eigenvalue weighted by molar-refractivity contribution is 5.19. The zero-order chi connectivity index (χ0) is 9.26. The molecule has 0 aromatic carbocycles. The number of nitrogens with zero attached hydrogens (tertiary/aromatic N) is 2. The Kier molecular flexibility index (Phi) is 2.27. The second kappa shape index (κ2) is 3.42. The molecule has 0 radical (unpaired) electrons. The molecule has 13 heavy (non-hydrogen) atoms. The van der Waals surface area contributed by atoms with Crippen LogP contribution in [0.3, 0.4) is 0 Å². The van der Waals surface area contributed by atoms with Crippen molar-refractivity contribution in [3.05, 3.63) is 23.3 Å². The Morgan fingerprint density at radius 2 is 2.38 bits per heavy atom. The highest BCUT2D eigenvalue weighted by Crippen LogP contribution is 2.20. The molecular weight excluding hydrogens is 164 g/mol. The number of ether oxygens (including phenoxy) is 1. The van der Waals surface area contributed by atoms with Crippen LogP contribution in [0.15, 0.2) is 6.20 Å². The topological polar surface area (TPSA) is 35.0 Å². The molecule has 0 saturated heterocycles. The molecule has 0 spiro atoms. The van der Waals surface area contributed by atoms with Crippen molar-refractivity contribution in [2.24, 2.45) is 0 Å². The Morgan fingerprint density at radius 1 is 1.54 bits per heavy atom. The van der Waals surface area contributed by atoms with Crippen LogP contribution in [0.4, 0.5) is 0 Å². The zero-order valence-corrected chi connectivity index (χ0v) is 8.08. The average Bonchev–Trinajstić information content (AvgIpc) is 2.63. The van der Waals surface area contributed by atoms with E-state index < -0.39 is 0 Å². The molecular formula is C10H14N2O. The summed E-state index contributed by atoms with van der Waals surface area (Å²) in [6.07, 6.45) is 2.98. The molecule has 1 aromatic heterocycles. The van der Waals surface area contributed by atoms with Gasteiger partial charge in [-0.15, -0.1) is 0 Å². The molecule has 0 amide bonds. The van der Waals surface area contributed by atoms with Gasteiger partial charge in [0.2, 0.25) is 0 Å². The highest BCUT2D eigenvalue weighted by Gasteiger charge is 2.15. The van der Waals surface area contributed by atoms with Crippen molar-refractivity contribution in [2.75, 3.05) is 0 Å². The minimum Gasteiger partial charge on any atom is -0.370 e. The standard InChI is InChI=1S/C10H14N2O/c1-3-7(2)10-11-4-8-5-13-6-9(8)12-10/h4,7H,3,5-6H2,1-2H3. The van der Waals surface area contributed by atoms with Crippen molar-refractivity contribution in [2.45, 2.75) is 39.4 Å². The Bertz CT molecular complexity index is 312. The molecule has 1 atom stereocenters. The van der Waals surface area contributed by atoms with Crippen LogP contribution >= 0.6 is 0 Å². The summed E-state index contributed by atoms with van der Waals surface area (Å²) in [6.45, 7) is 5.63. The van der Waals surface area contributed by atoms with Gasteiger partial charge in [-0.1, -0.05) is 13.8 Å². The first-order chi connectivity index (χ1) is 6.31. The molecule has 1 aliphatic heterocycles. The number of hydrogen-bond donors (Lipinski definition) is 0. The second-order valence-corrected chi connectivity index (χ2v) is 3.50. The maximum atomic E-state index is 5.28. The average molecular weight is 178 g/mol. The molecule has 0 N–H and O–H groups in total. The lowest BCUT2D eigenvalue weighted by molar-refractivity contribution is 0.133. The Labute approximate surface area is 78.2 Å². The highest BCUT2D eigenvalue weighted by atomic mass is 16.5. The van der Waals surface area contributed by atoms with Crippen molar-refractivity contribution in [1.82, 2.24) is 9.97 Å². The van der Waals surface area contributed by atoms with E-state index in [9.17, 15) is 0 Å². The van der Waals surface area contributed by atoms with Gasteiger partial charge in [-0.3, -0.25) is 0 Å². The first kappa shape index (κ1) is 8.63. The van der Waals surface area contributed by atoms with E-state index in [2.05, 4.69) is 23.8 Å². The summed E-state index contributed by atoms with van der Waals surface area (Å²) in [7, 11) is 0. The van der Waals surface area contributed by atoms with Crippen molar-refractivity contribution < 1.29 is 4.74 Å². The van der Waals surface area contributed by atoms with Gasteiger partial charge in [-0.25, -0.2) is 9.97 Å². The summed E-state index contributed by atoms with van der Waals surface area (Å²) >= 11 is 0. The van der Waals surface area contributed by atoms with Gasteiger partial charge in [0, 0.05) is 17.7 Å². The fraction of sp³-hybridized carbons (Fsp3) is 0.600. The van der Waals surface area contributed by atoms with Crippen LogP contribution < -0.4 is 0 Å². The van der Waals surface area contributed by atoms with Gasteiger partial charge < -0.3 is 4.74 Å². The minimum atomic E-state index is 0.450. The SMILES string of the molecule is CCC(C)c1ncc2c(n1)COC2. The molecule has 0 fully saturated rings. The smallest absolute Gasteiger partial charge is 0.131 e. The van der Waals surface area contributed by atoms with Crippen LogP contribution in [0.25, 0.3) is 0 Å². The minimum absolute atomic E-state index is 0.450. The summed E-state index contributed by atoms with van der Waals surface area (Å²) in [5.41, 5.74) is 2.22. The van der Waals surface area contributed by atoms with E-state index in [1.165, 1.54) is 0 Å². The molecule has 3 nitrogen and oxygen atoms in total. The Morgan fingerprint density at radius 3 is 3.15 bits per heavy atom. The summed E-state index contributed by atoms with van der Waals surface area (Å²) < 4.78 is 5.28. The van der Waals surface area contributed by atoms with Crippen LogP contribution in [0, 0.1) is 0 Å². The van der Waals surface area contributed by atoms with Crippen LogP contribution in [0.1, 0.15) is 43.3 Å². The van der Waals surface area contributed by atoms with Gasteiger partial charge in [0.05, 0.1) is 18.9 Å². The monoisotopic (exact) mass is 178 g/mol. The lowest BCUT2D eigenvalue weighted by atomic mass is 10.1. The predicted octanol–water partition coefficient (Wildman–Crippen LogP) is 2.02. The summed E-state index contributed by atoms with van der Waals surface area (Å²) in [5.74, 6) is 1.40. The third kappa shape index (κ3) is 1.56. The first-order valence-electron chi connectivity index (χ1n) is 4.73. The molecule has 0 saturated carbocycles. The maximum absolute atomic E-state index is 5.28. The van der Waals surface area contributed by atoms with Crippen molar-refractivity contribution in [3.8, 4) is 0 Å². The number of aromatic nitrogens is 2. The van der Waals surface area contributed by atoms with E-state index in [0.29, 0.717) is 19.1 Å². The van der Waals surface area contributed by atoms with Gasteiger partial charge >= 0.3 is 0 Å². The third-order valence-corrected chi connectivity index (χ3v) is 2.52. The molecule has 2 rings (SSSR count). The van der Waals surface area contributed by atoms with E-state index in [4.69, 9.17) is 4.74 Å². The van der Waals surface area contributed by atoms with Crippen molar-refractivity contribution in [3.63, 3.8) is 0 Å². The number of rotatable bonds is 2. The summed E-state index contributed by atoms with van der Waals surface area (Å²) in [4.78, 5) is 8.82. The van der Waals surface area contributed by atoms with Gasteiger partial charge in [0.15, 0.2) is 0 Å². The van der Waals surface area contributed by atoms with E-state index >= 15 is 0 Å². The van der Waals surface area contributed by atoms with E-state index in [1.54, 1.807) is 0 Å². The van der Waals surface area contributed by atoms with E-state index in [-0.39, 0.29) is 0 Å². The Balaban J connectivity index is 2.30. The van der Waals surface area contributed by atoms with Crippen LogP contribution in [-0.2, 0) is 18.0 Å². The molecule has 1 unspecified atom stereocenters. The lowest BCUT2D eigenvalue weighted by Crippen LogP contribution is -2.02. The van der Waals surface area contributed by atoms with Gasteiger partial charge in [-0.2, -0.15) is 0 Å². The summed E-state index contributed by atoms with van der Waals surface area (Å²) in [6, 6.07) is 0. The molecule has 0 aliphatic carbocycles. The molecule has 0 bridgehead atoms. The zero-order valence-electron chi connectivity index (χ0n) is 8.08. The van der Waals surface area contributed by atoms with Gasteiger partial charge in [0.1, 0.15) is 5.82 Å². The van der Waals surface area contributed by atoms with Gasteiger partial charge in [0.25, 0.3) is 0 Å².